The lowest BCUT2D eigenvalue weighted by atomic mass is 10.1. The molecule has 2 aromatic carbocycles. The van der Waals surface area contributed by atoms with Gasteiger partial charge in [0.2, 0.25) is 0 Å². The number of para-hydroxylation sites is 1. The number of hydrogen-bond acceptors (Lipinski definition) is 8. The lowest BCUT2D eigenvalue weighted by Gasteiger charge is -2.26. The average molecular weight is 493 g/mol. The minimum atomic E-state index is -0.683. The standard InChI is InChI=1S/C24H24N6O4S/c1-33-14-7-6-13(18(10-14)34-2)11-30-9-8-16-19(12-30)35-24(27-16)29-23(32)15-4-3-5-17-20(15)28-22(26-17)21(25)31/h3-7,10H,8-9,11-12H2,1-2H3,(H2,25,31)(H,26,28)(H,27,29,32). The van der Waals surface area contributed by atoms with Crippen LogP contribution in [0.5, 0.6) is 11.5 Å². The van der Waals surface area contributed by atoms with Gasteiger partial charge in [0.1, 0.15) is 17.0 Å². The second-order valence-corrected chi connectivity index (χ2v) is 9.22. The Morgan fingerprint density at radius 2 is 2.06 bits per heavy atom. The van der Waals surface area contributed by atoms with Gasteiger partial charge in [-0.2, -0.15) is 0 Å². The van der Waals surface area contributed by atoms with Crippen LogP contribution in [0, 0.1) is 0 Å². The molecule has 0 saturated carbocycles. The molecular formula is C24H24N6O4S. The van der Waals surface area contributed by atoms with Gasteiger partial charge in [0, 0.05) is 42.6 Å². The molecule has 10 nitrogen and oxygen atoms in total. The van der Waals surface area contributed by atoms with Crippen LogP contribution in [-0.4, -0.2) is 52.4 Å². The Kier molecular flexibility index (Phi) is 6.10. The van der Waals surface area contributed by atoms with Crippen molar-refractivity contribution in [2.75, 3.05) is 26.1 Å². The van der Waals surface area contributed by atoms with Gasteiger partial charge in [0.15, 0.2) is 11.0 Å². The van der Waals surface area contributed by atoms with E-state index in [1.54, 1.807) is 32.4 Å². The highest BCUT2D eigenvalue weighted by Crippen LogP contribution is 2.32. The Morgan fingerprint density at radius 3 is 2.83 bits per heavy atom. The summed E-state index contributed by atoms with van der Waals surface area (Å²) in [7, 11) is 3.29. The van der Waals surface area contributed by atoms with E-state index in [1.807, 2.05) is 18.2 Å². The Bertz CT molecular complexity index is 1430. The number of amides is 2. The van der Waals surface area contributed by atoms with Gasteiger partial charge >= 0.3 is 0 Å². The van der Waals surface area contributed by atoms with Crippen LogP contribution in [0.25, 0.3) is 11.0 Å². The fraction of sp³-hybridized carbons (Fsp3) is 0.250. The van der Waals surface area contributed by atoms with Crippen molar-refractivity contribution in [3.05, 3.63) is 63.9 Å². The molecule has 2 aromatic heterocycles. The first-order valence-corrected chi connectivity index (χ1v) is 11.8. The molecule has 0 saturated heterocycles. The zero-order valence-electron chi connectivity index (χ0n) is 19.3. The molecule has 5 rings (SSSR count). The first-order valence-electron chi connectivity index (χ1n) is 11.0. The van der Waals surface area contributed by atoms with E-state index in [2.05, 4.69) is 25.2 Å². The maximum absolute atomic E-state index is 13.0. The maximum Gasteiger partial charge on any atom is 0.284 e. The molecule has 0 aliphatic carbocycles. The van der Waals surface area contributed by atoms with Crippen LogP contribution in [0.15, 0.2) is 36.4 Å². The van der Waals surface area contributed by atoms with E-state index >= 15 is 0 Å². The number of aromatic nitrogens is 3. The molecule has 0 atom stereocenters. The molecule has 1 aliphatic rings. The second-order valence-electron chi connectivity index (χ2n) is 8.13. The van der Waals surface area contributed by atoms with Crippen LogP contribution in [0.3, 0.4) is 0 Å². The van der Waals surface area contributed by atoms with Crippen LogP contribution in [0.4, 0.5) is 5.13 Å². The van der Waals surface area contributed by atoms with Crippen LogP contribution in [0.2, 0.25) is 0 Å². The number of benzene rings is 2. The number of thiazole rings is 1. The van der Waals surface area contributed by atoms with Crippen LogP contribution >= 0.6 is 11.3 Å². The minimum Gasteiger partial charge on any atom is -0.497 e. The lowest BCUT2D eigenvalue weighted by molar-refractivity contribution is 0.0989. The fourth-order valence-electron chi connectivity index (χ4n) is 4.16. The van der Waals surface area contributed by atoms with Gasteiger partial charge in [-0.05, 0) is 18.2 Å². The van der Waals surface area contributed by atoms with E-state index in [4.69, 9.17) is 15.2 Å². The van der Waals surface area contributed by atoms with E-state index in [9.17, 15) is 9.59 Å². The van der Waals surface area contributed by atoms with Crippen LogP contribution in [0.1, 0.15) is 37.1 Å². The van der Waals surface area contributed by atoms with Crippen molar-refractivity contribution in [2.45, 2.75) is 19.5 Å². The van der Waals surface area contributed by atoms with Crippen molar-refractivity contribution < 1.29 is 19.1 Å². The van der Waals surface area contributed by atoms with Gasteiger partial charge < -0.3 is 20.2 Å². The molecule has 180 valence electrons. The van der Waals surface area contributed by atoms with E-state index in [1.165, 1.54) is 11.3 Å². The molecule has 1 aliphatic heterocycles. The Labute approximate surface area is 205 Å². The summed E-state index contributed by atoms with van der Waals surface area (Å²) in [6, 6.07) is 10.9. The Balaban J connectivity index is 1.30. The summed E-state index contributed by atoms with van der Waals surface area (Å²) in [5.41, 5.74) is 8.69. The highest BCUT2D eigenvalue weighted by atomic mass is 32.1. The number of rotatable bonds is 7. The molecular weight excluding hydrogens is 468 g/mol. The summed E-state index contributed by atoms with van der Waals surface area (Å²) in [4.78, 5) is 39.6. The lowest BCUT2D eigenvalue weighted by Crippen LogP contribution is -2.29. The third-order valence-corrected chi connectivity index (χ3v) is 6.91. The summed E-state index contributed by atoms with van der Waals surface area (Å²) in [6.45, 7) is 2.31. The van der Waals surface area contributed by atoms with Gasteiger partial charge in [0.05, 0.1) is 31.0 Å². The zero-order chi connectivity index (χ0) is 24.5. The van der Waals surface area contributed by atoms with Crippen molar-refractivity contribution >= 4 is 39.3 Å². The van der Waals surface area contributed by atoms with Gasteiger partial charge in [-0.3, -0.25) is 19.8 Å². The van der Waals surface area contributed by atoms with E-state index in [0.717, 1.165) is 53.7 Å². The van der Waals surface area contributed by atoms with Gasteiger partial charge in [-0.25, -0.2) is 9.97 Å². The predicted molar refractivity (Wildman–Crippen MR) is 132 cm³/mol. The molecule has 4 N–H and O–H groups in total. The normalized spacial score (nSPS) is 13.4. The number of carbonyl (C=O) groups excluding carboxylic acids is 2. The molecule has 11 heteroatoms. The monoisotopic (exact) mass is 492 g/mol. The average Bonchev–Trinajstić information content (AvgIpc) is 3.47. The summed E-state index contributed by atoms with van der Waals surface area (Å²) < 4.78 is 10.8. The molecule has 35 heavy (non-hydrogen) atoms. The number of anilines is 1. The van der Waals surface area contributed by atoms with Crippen LogP contribution < -0.4 is 20.5 Å². The number of primary amides is 1. The first-order chi connectivity index (χ1) is 16.9. The number of hydrogen-bond donors (Lipinski definition) is 3. The molecule has 2 amide bonds. The summed E-state index contributed by atoms with van der Waals surface area (Å²) in [5, 5.41) is 3.42. The highest BCUT2D eigenvalue weighted by molar-refractivity contribution is 7.15. The van der Waals surface area contributed by atoms with Crippen molar-refractivity contribution in [1.29, 1.82) is 0 Å². The largest absolute Gasteiger partial charge is 0.497 e. The van der Waals surface area contributed by atoms with Crippen molar-refractivity contribution in [2.24, 2.45) is 5.73 Å². The molecule has 0 radical (unpaired) electrons. The third-order valence-electron chi connectivity index (χ3n) is 5.91. The number of H-pyrrole nitrogens is 1. The SMILES string of the molecule is COc1ccc(CN2CCc3nc(NC(=O)c4cccc5[nH]c(C(N)=O)nc45)sc3C2)c(OC)c1. The zero-order valence-corrected chi connectivity index (χ0v) is 20.1. The first kappa shape index (κ1) is 22.8. The number of fused-ring (bicyclic) bond motifs is 2. The van der Waals surface area contributed by atoms with Gasteiger partial charge in [0.25, 0.3) is 11.8 Å². The number of imidazole rings is 1. The second kappa shape index (κ2) is 9.35. The number of carbonyl (C=O) groups is 2. The number of nitrogens with zero attached hydrogens (tertiary/aromatic N) is 3. The number of aromatic amines is 1. The minimum absolute atomic E-state index is 0.0125. The summed E-state index contributed by atoms with van der Waals surface area (Å²) in [5.74, 6) is 0.532. The van der Waals surface area contributed by atoms with Crippen molar-refractivity contribution in [1.82, 2.24) is 19.9 Å². The predicted octanol–water partition coefficient (Wildman–Crippen LogP) is 2.95. The van der Waals surface area contributed by atoms with Gasteiger partial charge in [-0.1, -0.05) is 12.1 Å². The maximum atomic E-state index is 13.0. The summed E-state index contributed by atoms with van der Waals surface area (Å²) in [6.07, 6.45) is 0.789. The van der Waals surface area contributed by atoms with Crippen molar-refractivity contribution in [3.63, 3.8) is 0 Å². The molecule has 0 fully saturated rings. The van der Waals surface area contributed by atoms with E-state index in [0.29, 0.717) is 21.7 Å². The van der Waals surface area contributed by atoms with Crippen LogP contribution in [-0.2, 0) is 19.5 Å². The quantitative estimate of drug-likeness (QED) is 0.361. The van der Waals surface area contributed by atoms with E-state index < -0.39 is 5.91 Å². The van der Waals surface area contributed by atoms with Crippen molar-refractivity contribution in [3.8, 4) is 11.5 Å². The number of ether oxygens (including phenoxy) is 2. The topological polar surface area (TPSA) is 135 Å². The van der Waals surface area contributed by atoms with E-state index in [-0.39, 0.29) is 11.7 Å². The van der Waals surface area contributed by atoms with Gasteiger partial charge in [-0.15, -0.1) is 11.3 Å². The third kappa shape index (κ3) is 4.55. The molecule has 0 bridgehead atoms. The number of nitrogens with one attached hydrogen (secondary N) is 2. The molecule has 0 unspecified atom stereocenters. The number of nitrogens with two attached hydrogens (primary N) is 1. The fourth-order valence-corrected chi connectivity index (χ4v) is 5.20. The molecule has 4 aromatic rings. The summed E-state index contributed by atoms with van der Waals surface area (Å²) >= 11 is 1.47. The molecule has 0 spiro atoms. The number of methoxy groups -OCH3 is 2. The smallest absolute Gasteiger partial charge is 0.284 e. The Hall–Kier alpha value is -3.96. The molecule has 3 heterocycles. The highest BCUT2D eigenvalue weighted by Gasteiger charge is 2.23. The Morgan fingerprint density at radius 1 is 1.20 bits per heavy atom.